The maximum Gasteiger partial charge on any atom is 0.450 e. The van der Waals surface area contributed by atoms with Crippen molar-refractivity contribution in [2.24, 2.45) is 5.92 Å². The number of aliphatic hydroxyl groups is 1. The van der Waals surface area contributed by atoms with Crippen LogP contribution in [0.4, 0.5) is 13.2 Å². The second kappa shape index (κ2) is 6.13. The number of amides is 1. The van der Waals surface area contributed by atoms with Crippen molar-refractivity contribution in [2.75, 3.05) is 6.54 Å². The Balaban J connectivity index is 4.70. The highest BCUT2D eigenvalue weighted by Crippen LogP contribution is 2.25. The molecule has 0 rings (SSSR count). The summed E-state index contributed by atoms with van der Waals surface area (Å²) in [5.74, 6) is -3.12. The van der Waals surface area contributed by atoms with Crippen molar-refractivity contribution in [3.8, 4) is 6.07 Å². The molecule has 0 unspecified atom stereocenters. The molecular formula is C10H13F3N2O2. The lowest BCUT2D eigenvalue weighted by atomic mass is 10.1. The number of allylic oxidation sites excluding steroid dienone is 1. The number of nitrogens with one attached hydrogen (secondary N) is 1. The Hall–Kier alpha value is -1.71. The van der Waals surface area contributed by atoms with Crippen LogP contribution in [-0.4, -0.2) is 23.7 Å². The maximum atomic E-state index is 12.1. The number of carbonyl (C=O) groups is 1. The minimum Gasteiger partial charge on any atom is -0.503 e. The molecule has 0 aliphatic rings. The van der Waals surface area contributed by atoms with Crippen LogP contribution in [0.15, 0.2) is 11.3 Å². The van der Waals surface area contributed by atoms with Crippen molar-refractivity contribution in [1.82, 2.24) is 5.32 Å². The minimum absolute atomic E-state index is 0.146. The van der Waals surface area contributed by atoms with E-state index in [-0.39, 0.29) is 12.5 Å². The first-order chi connectivity index (χ1) is 7.70. The van der Waals surface area contributed by atoms with E-state index in [0.29, 0.717) is 6.42 Å². The quantitative estimate of drug-likeness (QED) is 0.455. The van der Waals surface area contributed by atoms with Crippen molar-refractivity contribution in [2.45, 2.75) is 26.4 Å². The lowest BCUT2D eigenvalue weighted by Gasteiger charge is -2.09. The van der Waals surface area contributed by atoms with E-state index in [9.17, 15) is 18.0 Å². The number of nitrogens with zero attached hydrogens (tertiary/aromatic N) is 1. The van der Waals surface area contributed by atoms with E-state index in [0.717, 1.165) is 6.07 Å². The first-order valence-corrected chi connectivity index (χ1v) is 4.88. The predicted octanol–water partition coefficient (Wildman–Crippen LogP) is 2.05. The maximum absolute atomic E-state index is 12.1. The van der Waals surface area contributed by atoms with Gasteiger partial charge in [-0.3, -0.25) is 4.79 Å². The number of carbonyl (C=O) groups excluding carboxylic acids is 1. The number of halogens is 3. The van der Waals surface area contributed by atoms with Gasteiger partial charge in [0.2, 0.25) is 5.76 Å². The molecule has 0 aromatic rings. The monoisotopic (exact) mass is 250 g/mol. The first kappa shape index (κ1) is 15.3. The lowest BCUT2D eigenvalue weighted by molar-refractivity contribution is -0.127. The summed E-state index contributed by atoms with van der Waals surface area (Å²) in [6.07, 6.45) is -4.53. The second-order valence-electron chi connectivity index (χ2n) is 3.77. The van der Waals surface area contributed by atoms with Crippen LogP contribution in [0.2, 0.25) is 0 Å². The van der Waals surface area contributed by atoms with Crippen molar-refractivity contribution >= 4 is 5.91 Å². The number of alkyl halides is 3. The SMILES string of the molecule is CC(C)CCNC(=O)/C(C#N)=C(\O)C(F)(F)F. The fraction of sp³-hybridized carbons (Fsp3) is 0.600. The molecule has 17 heavy (non-hydrogen) atoms. The van der Waals surface area contributed by atoms with E-state index in [4.69, 9.17) is 10.4 Å². The third-order valence-electron chi connectivity index (χ3n) is 1.85. The third kappa shape index (κ3) is 5.24. The highest BCUT2D eigenvalue weighted by Gasteiger charge is 2.38. The molecule has 1 amide bonds. The van der Waals surface area contributed by atoms with Gasteiger partial charge in [-0.2, -0.15) is 18.4 Å². The molecule has 0 aliphatic heterocycles. The van der Waals surface area contributed by atoms with Gasteiger partial charge in [0.05, 0.1) is 0 Å². The van der Waals surface area contributed by atoms with Crippen molar-refractivity contribution in [3.63, 3.8) is 0 Å². The average Bonchev–Trinajstić information content (AvgIpc) is 2.16. The van der Waals surface area contributed by atoms with Crippen LogP contribution >= 0.6 is 0 Å². The van der Waals surface area contributed by atoms with E-state index in [1.807, 2.05) is 13.8 Å². The van der Waals surface area contributed by atoms with Gasteiger partial charge in [-0.25, -0.2) is 0 Å². The molecule has 0 heterocycles. The smallest absolute Gasteiger partial charge is 0.450 e. The van der Waals surface area contributed by atoms with Crippen LogP contribution in [0.1, 0.15) is 20.3 Å². The van der Waals surface area contributed by atoms with Crippen LogP contribution in [0.3, 0.4) is 0 Å². The Bertz CT molecular complexity index is 354. The van der Waals surface area contributed by atoms with Gasteiger partial charge in [0.15, 0.2) is 5.57 Å². The molecule has 2 N–H and O–H groups in total. The van der Waals surface area contributed by atoms with Gasteiger partial charge in [0, 0.05) is 6.54 Å². The van der Waals surface area contributed by atoms with Gasteiger partial charge in [-0.1, -0.05) is 13.8 Å². The van der Waals surface area contributed by atoms with Gasteiger partial charge < -0.3 is 10.4 Å². The summed E-state index contributed by atoms with van der Waals surface area (Å²) in [6, 6.07) is 1.04. The van der Waals surface area contributed by atoms with Gasteiger partial charge in [-0.15, -0.1) is 0 Å². The standard InChI is InChI=1S/C10H13F3N2O2/c1-6(2)3-4-15-9(17)7(5-14)8(16)10(11,12)13/h6,16H,3-4H2,1-2H3,(H,15,17)/b8-7-. The second-order valence-corrected chi connectivity index (χ2v) is 3.77. The average molecular weight is 250 g/mol. The molecular weight excluding hydrogens is 237 g/mol. The lowest BCUT2D eigenvalue weighted by Crippen LogP contribution is -2.29. The molecule has 0 aromatic carbocycles. The van der Waals surface area contributed by atoms with Gasteiger partial charge in [-0.05, 0) is 12.3 Å². The summed E-state index contributed by atoms with van der Waals surface area (Å²) in [4.78, 5) is 11.2. The molecule has 0 atom stereocenters. The number of aliphatic hydroxyl groups excluding tert-OH is 1. The largest absolute Gasteiger partial charge is 0.503 e. The van der Waals surface area contributed by atoms with E-state index in [1.165, 1.54) is 0 Å². The Kier molecular flexibility index (Phi) is 5.51. The molecule has 96 valence electrons. The van der Waals surface area contributed by atoms with Crippen molar-refractivity contribution < 1.29 is 23.1 Å². The summed E-state index contributed by atoms with van der Waals surface area (Å²) in [5.41, 5.74) is -1.32. The van der Waals surface area contributed by atoms with Crippen LogP contribution < -0.4 is 5.32 Å². The van der Waals surface area contributed by atoms with E-state index >= 15 is 0 Å². The number of hydrogen-bond acceptors (Lipinski definition) is 3. The van der Waals surface area contributed by atoms with E-state index < -0.39 is 23.4 Å². The third-order valence-corrected chi connectivity index (χ3v) is 1.85. The fourth-order valence-corrected chi connectivity index (χ4v) is 0.916. The van der Waals surface area contributed by atoms with Crippen LogP contribution in [0.25, 0.3) is 0 Å². The minimum atomic E-state index is -5.10. The topological polar surface area (TPSA) is 73.1 Å². The first-order valence-electron chi connectivity index (χ1n) is 4.88. The van der Waals surface area contributed by atoms with Crippen molar-refractivity contribution in [1.29, 1.82) is 5.26 Å². The molecule has 4 nitrogen and oxygen atoms in total. The molecule has 0 fully saturated rings. The number of hydrogen-bond donors (Lipinski definition) is 2. The zero-order chi connectivity index (χ0) is 13.6. The summed E-state index contributed by atoms with van der Waals surface area (Å²) in [5, 5.41) is 19.2. The Labute approximate surface area is 96.7 Å². The Morgan fingerprint density at radius 1 is 1.47 bits per heavy atom. The van der Waals surface area contributed by atoms with Crippen LogP contribution in [0.5, 0.6) is 0 Å². The predicted molar refractivity (Wildman–Crippen MR) is 53.8 cm³/mol. The van der Waals surface area contributed by atoms with Gasteiger partial charge in [0.25, 0.3) is 5.91 Å². The molecule has 7 heteroatoms. The highest BCUT2D eigenvalue weighted by atomic mass is 19.4. The van der Waals surface area contributed by atoms with E-state index in [2.05, 4.69) is 5.32 Å². The van der Waals surface area contributed by atoms with Crippen LogP contribution in [0, 0.1) is 17.2 Å². The summed E-state index contributed by atoms with van der Waals surface area (Å²) in [6.45, 7) is 3.90. The van der Waals surface area contributed by atoms with Gasteiger partial charge in [0.1, 0.15) is 6.07 Å². The summed E-state index contributed by atoms with van der Waals surface area (Å²) in [7, 11) is 0. The van der Waals surface area contributed by atoms with Gasteiger partial charge >= 0.3 is 6.18 Å². The highest BCUT2D eigenvalue weighted by molar-refractivity contribution is 5.97. The fourth-order valence-electron chi connectivity index (χ4n) is 0.916. The molecule has 0 bridgehead atoms. The summed E-state index contributed by atoms with van der Waals surface area (Å²) < 4.78 is 36.2. The van der Waals surface area contributed by atoms with E-state index in [1.54, 1.807) is 0 Å². The summed E-state index contributed by atoms with van der Waals surface area (Å²) >= 11 is 0. The molecule has 0 aromatic heterocycles. The number of nitriles is 1. The van der Waals surface area contributed by atoms with Crippen LogP contribution in [-0.2, 0) is 4.79 Å². The zero-order valence-corrected chi connectivity index (χ0v) is 9.43. The molecule has 0 aliphatic carbocycles. The Morgan fingerprint density at radius 2 is 2.00 bits per heavy atom. The number of rotatable bonds is 4. The normalized spacial score (nSPS) is 13.0. The molecule has 0 saturated carbocycles. The molecule has 0 saturated heterocycles. The van der Waals surface area contributed by atoms with Crippen molar-refractivity contribution in [3.05, 3.63) is 11.3 Å². The Morgan fingerprint density at radius 3 is 2.35 bits per heavy atom. The molecule has 0 spiro atoms. The zero-order valence-electron chi connectivity index (χ0n) is 9.43. The molecule has 0 radical (unpaired) electrons.